The number of aryl methyl sites for hydroxylation is 1. The largest absolute Gasteiger partial charge is 0.496 e. The number of aromatic nitrogens is 1. The zero-order valence-electron chi connectivity index (χ0n) is 22.5. The van der Waals surface area contributed by atoms with Crippen LogP contribution >= 0.6 is 0 Å². The summed E-state index contributed by atoms with van der Waals surface area (Å²) in [7, 11) is 4.70. The highest BCUT2D eigenvalue weighted by atomic mass is 16.5. The quantitative estimate of drug-likeness (QED) is 0.369. The predicted molar refractivity (Wildman–Crippen MR) is 151 cm³/mol. The van der Waals surface area contributed by atoms with Gasteiger partial charge < -0.3 is 29.4 Å². The number of aliphatic imine (C=N–C) groups is 1. The van der Waals surface area contributed by atoms with Crippen molar-refractivity contribution in [2.45, 2.75) is 19.6 Å². The Morgan fingerprint density at radius 3 is 2.33 bits per heavy atom. The molecule has 0 fully saturated rings. The van der Waals surface area contributed by atoms with Gasteiger partial charge in [-0.1, -0.05) is 36.4 Å². The van der Waals surface area contributed by atoms with Gasteiger partial charge in [-0.2, -0.15) is 0 Å². The zero-order chi connectivity index (χ0) is 28.6. The third-order valence-electron chi connectivity index (χ3n) is 6.83. The average Bonchev–Trinajstić information content (AvgIpc) is 3.27. The number of benzodiazepines with no additional fused rings is 1. The number of anilines is 1. The number of fused-ring (bicyclic) bond motifs is 2. The van der Waals surface area contributed by atoms with Crippen LogP contribution in [0.1, 0.15) is 27.2 Å². The Balaban J connectivity index is 1.66. The molecule has 4 aromatic rings. The summed E-state index contributed by atoms with van der Waals surface area (Å²) in [6.45, 7) is 1.49. The van der Waals surface area contributed by atoms with E-state index in [4.69, 9.17) is 14.5 Å². The summed E-state index contributed by atoms with van der Waals surface area (Å²) in [5, 5.41) is 12.9. The first-order chi connectivity index (χ1) is 19.2. The summed E-state index contributed by atoms with van der Waals surface area (Å²) < 4.78 is 12.8. The number of amides is 2. The highest BCUT2D eigenvalue weighted by Crippen LogP contribution is 2.36. The first-order valence-corrected chi connectivity index (χ1v) is 12.5. The van der Waals surface area contributed by atoms with Gasteiger partial charge in [-0.15, -0.1) is 0 Å². The number of ether oxygens (including phenoxy) is 2. The number of hydrogen-bond acceptors (Lipinski definition) is 6. The van der Waals surface area contributed by atoms with E-state index in [-0.39, 0.29) is 5.69 Å². The Hall–Kier alpha value is -5.12. The van der Waals surface area contributed by atoms with Gasteiger partial charge in [0.15, 0.2) is 0 Å². The molecule has 1 aliphatic heterocycles. The number of nitrogens with zero attached hydrogens (tertiary/aromatic N) is 3. The van der Waals surface area contributed by atoms with Crippen LogP contribution in [0.4, 0.5) is 5.69 Å². The molecule has 40 heavy (non-hydrogen) atoms. The summed E-state index contributed by atoms with van der Waals surface area (Å²) in [5.41, 5.74) is 3.77. The number of methoxy groups -OCH3 is 2. The molecular weight excluding hydrogens is 512 g/mol. The van der Waals surface area contributed by atoms with Gasteiger partial charge in [0.05, 0.1) is 31.2 Å². The highest BCUT2D eigenvalue weighted by Gasteiger charge is 2.34. The van der Waals surface area contributed by atoms with E-state index < -0.39 is 30.5 Å². The lowest BCUT2D eigenvalue weighted by Gasteiger charge is -2.21. The van der Waals surface area contributed by atoms with Gasteiger partial charge in [0.25, 0.3) is 11.8 Å². The third-order valence-corrected chi connectivity index (χ3v) is 6.83. The molecule has 0 saturated carbocycles. The molecule has 3 aromatic carbocycles. The predicted octanol–water partition coefficient (Wildman–Crippen LogP) is 3.62. The molecule has 0 spiro atoms. The van der Waals surface area contributed by atoms with Crippen molar-refractivity contribution in [3.05, 3.63) is 89.1 Å². The Morgan fingerprint density at radius 1 is 1.00 bits per heavy atom. The Labute approximate surface area is 230 Å². The van der Waals surface area contributed by atoms with Crippen LogP contribution in [-0.2, 0) is 16.1 Å². The Kier molecular flexibility index (Phi) is 7.00. The first kappa shape index (κ1) is 26.5. The van der Waals surface area contributed by atoms with E-state index in [1.807, 2.05) is 37.3 Å². The van der Waals surface area contributed by atoms with Crippen LogP contribution in [0.2, 0.25) is 0 Å². The molecule has 10 heteroatoms. The van der Waals surface area contributed by atoms with Gasteiger partial charge in [-0.25, -0.2) is 4.99 Å². The van der Waals surface area contributed by atoms with E-state index in [2.05, 4.69) is 5.32 Å². The highest BCUT2D eigenvalue weighted by molar-refractivity contribution is 6.22. The number of rotatable bonds is 7. The van der Waals surface area contributed by atoms with Crippen molar-refractivity contribution in [2.75, 3.05) is 26.2 Å². The van der Waals surface area contributed by atoms with Gasteiger partial charge in [0.1, 0.15) is 23.7 Å². The number of para-hydroxylation sites is 2. The molecule has 10 nitrogen and oxygen atoms in total. The minimum Gasteiger partial charge on any atom is -0.496 e. The maximum absolute atomic E-state index is 13.7. The van der Waals surface area contributed by atoms with Crippen LogP contribution in [-0.4, -0.2) is 60.6 Å². The lowest BCUT2D eigenvalue weighted by molar-refractivity contribution is -0.137. The van der Waals surface area contributed by atoms with E-state index in [0.29, 0.717) is 44.9 Å². The molecule has 1 atom stereocenters. The number of aliphatic carboxylic acids is 1. The molecule has 0 bridgehead atoms. The molecule has 2 amide bonds. The standard InChI is InChI=1S/C30H28N4O6/c1-17-13-23(39-3)26(24(14-17)40-4)27-19-10-6-8-12-21(19)33(2)30(38)28(31-27)32-29(37)22-15-18-9-5-7-11-20(18)34(22)16-25(35)36/h5-15,28H,16H2,1-4H3,(H,32,37)(H,35,36). The molecule has 0 radical (unpaired) electrons. The maximum atomic E-state index is 13.7. The van der Waals surface area contributed by atoms with Crippen molar-refractivity contribution in [3.63, 3.8) is 0 Å². The number of carbonyl (C=O) groups excluding carboxylic acids is 2. The number of carbonyl (C=O) groups is 3. The van der Waals surface area contributed by atoms with E-state index in [1.165, 1.54) is 9.47 Å². The minimum absolute atomic E-state index is 0.100. The maximum Gasteiger partial charge on any atom is 0.323 e. The van der Waals surface area contributed by atoms with Gasteiger partial charge in [0.2, 0.25) is 6.17 Å². The van der Waals surface area contributed by atoms with Crippen molar-refractivity contribution in [3.8, 4) is 11.5 Å². The molecule has 2 N–H and O–H groups in total. The number of hydrogen-bond donors (Lipinski definition) is 2. The molecule has 1 unspecified atom stereocenters. The fourth-order valence-electron chi connectivity index (χ4n) is 4.99. The smallest absolute Gasteiger partial charge is 0.323 e. The Morgan fingerprint density at radius 2 is 1.65 bits per heavy atom. The van der Waals surface area contributed by atoms with Crippen LogP contribution in [0.25, 0.3) is 10.9 Å². The SMILES string of the molecule is COc1cc(C)cc(OC)c1C1=NC(NC(=O)c2cc3ccccc3n2CC(=O)O)C(=O)N(C)c2ccccc21. The topological polar surface area (TPSA) is 122 Å². The van der Waals surface area contributed by atoms with Crippen LogP contribution in [0.3, 0.4) is 0 Å². The number of likely N-dealkylation sites (N-methyl/N-ethyl adjacent to an activating group) is 1. The Bertz CT molecular complexity index is 1660. The summed E-state index contributed by atoms with van der Waals surface area (Å²) >= 11 is 0. The molecule has 0 aliphatic carbocycles. The molecule has 1 aromatic heterocycles. The molecule has 0 saturated heterocycles. The lowest BCUT2D eigenvalue weighted by atomic mass is 9.97. The van der Waals surface area contributed by atoms with Crippen LogP contribution in [0.5, 0.6) is 11.5 Å². The average molecular weight is 541 g/mol. The summed E-state index contributed by atoms with van der Waals surface area (Å²) in [4.78, 5) is 45.2. The van der Waals surface area contributed by atoms with E-state index >= 15 is 0 Å². The molecular formula is C30H28N4O6. The minimum atomic E-state index is -1.33. The van der Waals surface area contributed by atoms with E-state index in [1.54, 1.807) is 57.7 Å². The van der Waals surface area contributed by atoms with Crippen molar-refractivity contribution in [1.29, 1.82) is 0 Å². The molecule has 204 valence electrons. The molecule has 2 heterocycles. The normalized spacial score (nSPS) is 14.8. The van der Waals surface area contributed by atoms with E-state index in [0.717, 1.165) is 5.56 Å². The summed E-state index contributed by atoms with van der Waals surface area (Å²) in [6, 6.07) is 19.7. The molecule has 1 aliphatic rings. The molecule has 5 rings (SSSR count). The fourth-order valence-corrected chi connectivity index (χ4v) is 4.99. The van der Waals surface area contributed by atoms with Gasteiger partial charge >= 0.3 is 5.97 Å². The zero-order valence-corrected chi connectivity index (χ0v) is 22.5. The second kappa shape index (κ2) is 10.6. The summed E-state index contributed by atoms with van der Waals surface area (Å²) in [6.07, 6.45) is -1.33. The van der Waals surface area contributed by atoms with Crippen molar-refractivity contribution >= 4 is 40.1 Å². The number of nitrogens with one attached hydrogen (secondary N) is 1. The number of carboxylic acid groups (broad SMARTS) is 1. The second-order valence-electron chi connectivity index (χ2n) is 9.38. The number of benzene rings is 3. The van der Waals surface area contributed by atoms with Gasteiger partial charge in [0, 0.05) is 23.5 Å². The van der Waals surface area contributed by atoms with Crippen LogP contribution in [0.15, 0.2) is 71.7 Å². The van der Waals surface area contributed by atoms with Crippen molar-refractivity contribution < 1.29 is 29.0 Å². The lowest BCUT2D eigenvalue weighted by Crippen LogP contribution is -2.46. The van der Waals surface area contributed by atoms with Crippen molar-refractivity contribution in [2.24, 2.45) is 4.99 Å². The van der Waals surface area contributed by atoms with Gasteiger partial charge in [-0.05, 0) is 42.8 Å². The van der Waals surface area contributed by atoms with Gasteiger partial charge in [-0.3, -0.25) is 14.4 Å². The summed E-state index contributed by atoms with van der Waals surface area (Å²) in [5.74, 6) is -1.22. The number of carboxylic acids is 1. The van der Waals surface area contributed by atoms with Crippen LogP contribution in [0, 0.1) is 6.92 Å². The first-order valence-electron chi connectivity index (χ1n) is 12.5. The fraction of sp³-hybridized carbons (Fsp3) is 0.200. The van der Waals surface area contributed by atoms with Crippen molar-refractivity contribution in [1.82, 2.24) is 9.88 Å². The van der Waals surface area contributed by atoms with Crippen LogP contribution < -0.4 is 19.7 Å². The third kappa shape index (κ3) is 4.64. The van der Waals surface area contributed by atoms with E-state index in [9.17, 15) is 19.5 Å². The monoisotopic (exact) mass is 540 g/mol. The second-order valence-corrected chi connectivity index (χ2v) is 9.38.